The number of ether oxygens (including phenoxy) is 1. The normalized spacial score (nSPS) is 12.1. The number of aliphatic imine (C=N–C) groups is 1. The summed E-state index contributed by atoms with van der Waals surface area (Å²) in [6.45, 7) is 8.99. The summed E-state index contributed by atoms with van der Waals surface area (Å²) in [5.41, 5.74) is -0.485. The molecule has 0 atom stereocenters. The number of rotatable bonds is 6. The molecule has 0 unspecified atom stereocenters. The average Bonchev–Trinajstić information content (AvgIpc) is 2.88. The Hall–Kier alpha value is -2.12. The lowest BCUT2D eigenvalue weighted by atomic mass is 10.2. The minimum absolute atomic E-state index is 0.0732. The Bertz CT molecular complexity index is 504. The highest BCUT2D eigenvalue weighted by Gasteiger charge is 2.16. The Morgan fingerprint density at radius 2 is 2.14 bits per heavy atom. The zero-order chi connectivity index (χ0) is 16.6. The summed E-state index contributed by atoms with van der Waals surface area (Å²) in [5.74, 6) is 1.18. The first kappa shape index (κ1) is 17.9. The number of nitrogens with one attached hydrogen (secondary N) is 2. The maximum absolute atomic E-state index is 11.6. The molecule has 2 N–H and O–H groups in total. The number of carbonyl (C=O) groups is 1. The number of hydrogen-bond acceptors (Lipinski definition) is 5. The van der Waals surface area contributed by atoms with Gasteiger partial charge in [0, 0.05) is 26.6 Å². The number of guanidine groups is 1. The molecule has 0 saturated carbocycles. The molecular weight excluding hydrogens is 284 g/mol. The fourth-order valence-electron chi connectivity index (χ4n) is 1.79. The Balaban J connectivity index is 2.33. The molecular formula is C14H26N6O2. The Kier molecular flexibility index (Phi) is 6.81. The summed E-state index contributed by atoms with van der Waals surface area (Å²) in [4.78, 5) is 15.7. The quantitative estimate of drug-likeness (QED) is 0.447. The number of nitrogens with zero attached hydrogens (tertiary/aromatic N) is 4. The molecule has 124 valence electrons. The van der Waals surface area contributed by atoms with Crippen molar-refractivity contribution in [2.45, 2.75) is 46.3 Å². The summed E-state index contributed by atoms with van der Waals surface area (Å²) >= 11 is 0. The van der Waals surface area contributed by atoms with Crippen LogP contribution in [0.5, 0.6) is 0 Å². The SMILES string of the molecule is CCc1nncn1CCNC(=NC)NCC(=O)OC(C)(C)C. The zero-order valence-corrected chi connectivity index (χ0v) is 14.0. The van der Waals surface area contributed by atoms with Crippen LogP contribution in [0.4, 0.5) is 0 Å². The third kappa shape index (κ3) is 6.55. The van der Waals surface area contributed by atoms with Gasteiger partial charge in [0.25, 0.3) is 0 Å². The first-order chi connectivity index (χ1) is 10.4. The molecule has 22 heavy (non-hydrogen) atoms. The van der Waals surface area contributed by atoms with Gasteiger partial charge in [0.2, 0.25) is 0 Å². The maximum atomic E-state index is 11.6. The van der Waals surface area contributed by atoms with Crippen LogP contribution >= 0.6 is 0 Å². The van der Waals surface area contributed by atoms with Crippen molar-refractivity contribution in [1.82, 2.24) is 25.4 Å². The highest BCUT2D eigenvalue weighted by Crippen LogP contribution is 2.06. The molecule has 0 saturated heterocycles. The second-order valence-corrected chi connectivity index (χ2v) is 5.73. The molecule has 0 amide bonds. The minimum atomic E-state index is -0.485. The van der Waals surface area contributed by atoms with Gasteiger partial charge in [0.15, 0.2) is 5.96 Å². The molecule has 1 heterocycles. The van der Waals surface area contributed by atoms with Gasteiger partial charge in [0.05, 0.1) is 0 Å². The Labute approximate surface area is 131 Å². The van der Waals surface area contributed by atoms with E-state index in [-0.39, 0.29) is 12.5 Å². The zero-order valence-electron chi connectivity index (χ0n) is 14.0. The van der Waals surface area contributed by atoms with Crippen LogP contribution in [0.15, 0.2) is 11.3 Å². The fraction of sp³-hybridized carbons (Fsp3) is 0.714. The average molecular weight is 310 g/mol. The van der Waals surface area contributed by atoms with Crippen molar-refractivity contribution in [1.29, 1.82) is 0 Å². The number of esters is 1. The highest BCUT2D eigenvalue weighted by atomic mass is 16.6. The molecule has 0 aliphatic carbocycles. The summed E-state index contributed by atoms with van der Waals surface area (Å²) < 4.78 is 7.20. The lowest BCUT2D eigenvalue weighted by molar-refractivity contribution is -0.153. The summed E-state index contributed by atoms with van der Waals surface area (Å²) in [6.07, 6.45) is 2.54. The van der Waals surface area contributed by atoms with Crippen LogP contribution in [-0.4, -0.2) is 52.4 Å². The molecule has 0 aromatic carbocycles. The standard InChI is InChI=1S/C14H26N6O2/c1-6-11-19-18-10-20(11)8-7-16-13(15-5)17-9-12(21)22-14(2,3)4/h10H,6-9H2,1-5H3,(H2,15,16,17). The first-order valence-corrected chi connectivity index (χ1v) is 7.38. The van der Waals surface area contributed by atoms with Gasteiger partial charge < -0.3 is 19.9 Å². The van der Waals surface area contributed by atoms with Gasteiger partial charge in [-0.3, -0.25) is 9.79 Å². The number of hydrogen-bond donors (Lipinski definition) is 2. The fourth-order valence-corrected chi connectivity index (χ4v) is 1.79. The van der Waals surface area contributed by atoms with E-state index in [0.29, 0.717) is 12.5 Å². The van der Waals surface area contributed by atoms with Gasteiger partial charge in [0.1, 0.15) is 24.3 Å². The topological polar surface area (TPSA) is 93.4 Å². The van der Waals surface area contributed by atoms with E-state index >= 15 is 0 Å². The molecule has 1 aromatic rings. The monoisotopic (exact) mass is 310 g/mol. The van der Waals surface area contributed by atoms with Crippen molar-refractivity contribution in [3.05, 3.63) is 12.2 Å². The van der Waals surface area contributed by atoms with Crippen LogP contribution in [0.1, 0.15) is 33.5 Å². The van der Waals surface area contributed by atoms with Crippen molar-refractivity contribution in [3.63, 3.8) is 0 Å². The largest absolute Gasteiger partial charge is 0.459 e. The molecule has 0 radical (unpaired) electrons. The minimum Gasteiger partial charge on any atom is -0.459 e. The second kappa shape index (κ2) is 8.35. The van der Waals surface area contributed by atoms with E-state index in [0.717, 1.165) is 18.8 Å². The lowest BCUT2D eigenvalue weighted by Crippen LogP contribution is -2.42. The molecule has 1 aromatic heterocycles. The van der Waals surface area contributed by atoms with Crippen LogP contribution in [-0.2, 0) is 22.5 Å². The Morgan fingerprint density at radius 1 is 1.41 bits per heavy atom. The van der Waals surface area contributed by atoms with Gasteiger partial charge >= 0.3 is 5.97 Å². The van der Waals surface area contributed by atoms with Crippen molar-refractivity contribution < 1.29 is 9.53 Å². The highest BCUT2D eigenvalue weighted by molar-refractivity contribution is 5.84. The molecule has 0 aliphatic heterocycles. The predicted octanol–water partition coefficient (Wildman–Crippen LogP) is 0.347. The summed E-state index contributed by atoms with van der Waals surface area (Å²) in [7, 11) is 1.65. The lowest BCUT2D eigenvalue weighted by Gasteiger charge is -2.20. The third-order valence-corrected chi connectivity index (χ3v) is 2.70. The van der Waals surface area contributed by atoms with Gasteiger partial charge in [-0.05, 0) is 20.8 Å². The molecule has 0 fully saturated rings. The van der Waals surface area contributed by atoms with Crippen LogP contribution in [0.25, 0.3) is 0 Å². The van der Waals surface area contributed by atoms with Crippen LogP contribution in [0.2, 0.25) is 0 Å². The predicted molar refractivity (Wildman–Crippen MR) is 84.6 cm³/mol. The van der Waals surface area contributed by atoms with Crippen LogP contribution in [0, 0.1) is 0 Å². The van der Waals surface area contributed by atoms with Crippen molar-refractivity contribution in [2.24, 2.45) is 4.99 Å². The maximum Gasteiger partial charge on any atom is 0.325 e. The van der Waals surface area contributed by atoms with Gasteiger partial charge in [-0.25, -0.2) is 0 Å². The van der Waals surface area contributed by atoms with E-state index in [2.05, 4.69) is 25.8 Å². The first-order valence-electron chi connectivity index (χ1n) is 7.38. The smallest absolute Gasteiger partial charge is 0.325 e. The van der Waals surface area contributed by atoms with E-state index in [1.54, 1.807) is 13.4 Å². The number of aryl methyl sites for hydroxylation is 1. The molecule has 0 aliphatic rings. The summed E-state index contributed by atoms with van der Waals surface area (Å²) in [6, 6.07) is 0. The molecule has 8 heteroatoms. The molecule has 0 spiro atoms. The van der Waals surface area contributed by atoms with Gasteiger partial charge in [-0.15, -0.1) is 10.2 Å². The molecule has 8 nitrogen and oxygen atoms in total. The van der Waals surface area contributed by atoms with Crippen LogP contribution in [0.3, 0.4) is 0 Å². The summed E-state index contributed by atoms with van der Waals surface area (Å²) in [5, 5.41) is 14.0. The van der Waals surface area contributed by atoms with E-state index in [1.807, 2.05) is 32.3 Å². The van der Waals surface area contributed by atoms with Crippen molar-refractivity contribution in [2.75, 3.05) is 20.1 Å². The number of carbonyl (C=O) groups excluding carboxylic acids is 1. The van der Waals surface area contributed by atoms with Crippen molar-refractivity contribution in [3.8, 4) is 0 Å². The van der Waals surface area contributed by atoms with Gasteiger partial charge in [-0.2, -0.15) is 0 Å². The second-order valence-electron chi connectivity index (χ2n) is 5.73. The van der Waals surface area contributed by atoms with Gasteiger partial charge in [-0.1, -0.05) is 6.92 Å². The van der Waals surface area contributed by atoms with E-state index in [9.17, 15) is 4.79 Å². The third-order valence-electron chi connectivity index (χ3n) is 2.70. The van der Waals surface area contributed by atoms with Crippen LogP contribution < -0.4 is 10.6 Å². The number of aromatic nitrogens is 3. The van der Waals surface area contributed by atoms with Crippen molar-refractivity contribution >= 4 is 11.9 Å². The van der Waals surface area contributed by atoms with E-state index in [4.69, 9.17) is 4.74 Å². The Morgan fingerprint density at radius 3 is 2.73 bits per heavy atom. The van der Waals surface area contributed by atoms with E-state index in [1.165, 1.54) is 0 Å². The van der Waals surface area contributed by atoms with E-state index < -0.39 is 5.60 Å². The molecule has 0 bridgehead atoms. The molecule has 1 rings (SSSR count).